The largest absolute Gasteiger partial charge is 0.395 e. The van der Waals surface area contributed by atoms with Crippen molar-refractivity contribution >= 4 is 50.1 Å². The maximum atomic E-state index is 11.6. The first kappa shape index (κ1) is 26.0. The molecule has 206 valence electrons. The summed E-state index contributed by atoms with van der Waals surface area (Å²) < 4.78 is 1.01. The zero-order valence-electron chi connectivity index (χ0n) is 21.8. The standard InChI is InChI=1S/C26H28N10O3S/c1-34(26-27-12-16(13-28-26)25(38)33-39)15-17-11-21-22(40-17)24(36-7-5-35(6-8-36)9-10-37)31-23(30-21)18-3-2-4-20-19(18)14-29-32-20/h2-4,11-14,37,39H,5-10,15H2,1H3,(H,29,32)(H,33,38). The number of carbonyl (C=O) groups is 1. The molecule has 1 aliphatic heterocycles. The van der Waals surface area contributed by atoms with Crippen LogP contribution in [0.4, 0.5) is 11.8 Å². The van der Waals surface area contributed by atoms with Crippen molar-refractivity contribution in [3.05, 3.63) is 53.3 Å². The van der Waals surface area contributed by atoms with Gasteiger partial charge in [-0.05, 0) is 12.1 Å². The number of aliphatic hydroxyl groups is 1. The Morgan fingerprint density at radius 2 is 1.95 bits per heavy atom. The molecule has 4 N–H and O–H groups in total. The van der Waals surface area contributed by atoms with Crippen LogP contribution in [0.5, 0.6) is 0 Å². The SMILES string of the molecule is CN(Cc1cc2nc(-c3cccc4[nH]ncc34)nc(N3CCN(CCO)CC3)c2s1)c1ncc(C(=O)NO)cn1. The third-order valence-electron chi connectivity index (χ3n) is 6.95. The summed E-state index contributed by atoms with van der Waals surface area (Å²) in [7, 11) is 1.88. The normalized spacial score (nSPS) is 14.2. The van der Waals surface area contributed by atoms with E-state index in [0.29, 0.717) is 24.9 Å². The third kappa shape index (κ3) is 5.04. The number of thiophene rings is 1. The molecule has 0 radical (unpaired) electrons. The maximum absolute atomic E-state index is 11.6. The van der Waals surface area contributed by atoms with Crippen molar-refractivity contribution in [3.63, 3.8) is 0 Å². The molecule has 0 unspecified atom stereocenters. The number of β-amino-alcohol motifs (C(OH)–C–C–N with tert-alkyl or cyclic N) is 1. The van der Waals surface area contributed by atoms with Crippen molar-refractivity contribution in [2.24, 2.45) is 0 Å². The van der Waals surface area contributed by atoms with E-state index in [1.54, 1.807) is 23.0 Å². The first-order valence-corrected chi connectivity index (χ1v) is 13.6. The Balaban J connectivity index is 1.35. The van der Waals surface area contributed by atoms with Gasteiger partial charge in [-0.2, -0.15) is 5.10 Å². The fourth-order valence-corrected chi connectivity index (χ4v) is 6.04. The smallest absolute Gasteiger partial charge is 0.277 e. The molecular formula is C26H28N10O3S. The van der Waals surface area contributed by atoms with E-state index in [1.165, 1.54) is 12.4 Å². The van der Waals surface area contributed by atoms with Gasteiger partial charge in [-0.15, -0.1) is 11.3 Å². The molecule has 13 nitrogen and oxygen atoms in total. The Bertz CT molecular complexity index is 1650. The van der Waals surface area contributed by atoms with Crippen LogP contribution in [0.15, 0.2) is 42.9 Å². The van der Waals surface area contributed by atoms with E-state index in [4.69, 9.17) is 15.2 Å². The Hall–Kier alpha value is -4.24. The predicted octanol–water partition coefficient (Wildman–Crippen LogP) is 1.89. The van der Waals surface area contributed by atoms with Crippen LogP contribution < -0.4 is 15.3 Å². The number of hydroxylamine groups is 1. The van der Waals surface area contributed by atoms with Crippen LogP contribution in [0.25, 0.3) is 32.5 Å². The molecule has 40 heavy (non-hydrogen) atoms. The molecule has 0 atom stereocenters. The topological polar surface area (TPSA) is 160 Å². The molecule has 0 bridgehead atoms. The van der Waals surface area contributed by atoms with Gasteiger partial charge in [0.1, 0.15) is 0 Å². The summed E-state index contributed by atoms with van der Waals surface area (Å²) in [6.45, 7) is 4.65. The Morgan fingerprint density at radius 3 is 2.70 bits per heavy atom. The summed E-state index contributed by atoms with van der Waals surface area (Å²) in [6, 6.07) is 8.05. The Morgan fingerprint density at radius 1 is 1.15 bits per heavy atom. The van der Waals surface area contributed by atoms with E-state index >= 15 is 0 Å². The van der Waals surface area contributed by atoms with Gasteiger partial charge in [0.05, 0.1) is 40.6 Å². The molecule has 0 saturated carbocycles. The minimum Gasteiger partial charge on any atom is -0.395 e. The molecule has 0 aliphatic carbocycles. The average Bonchev–Trinajstić information content (AvgIpc) is 3.63. The predicted molar refractivity (Wildman–Crippen MR) is 152 cm³/mol. The number of rotatable bonds is 8. The molecule has 0 spiro atoms. The highest BCUT2D eigenvalue weighted by Crippen LogP contribution is 2.36. The third-order valence-corrected chi connectivity index (χ3v) is 8.06. The van der Waals surface area contributed by atoms with Crippen molar-refractivity contribution in [1.29, 1.82) is 0 Å². The number of H-pyrrole nitrogens is 1. The minimum absolute atomic E-state index is 0.152. The molecule has 14 heteroatoms. The molecule has 5 aromatic rings. The van der Waals surface area contributed by atoms with E-state index in [0.717, 1.165) is 63.6 Å². The van der Waals surface area contributed by atoms with E-state index < -0.39 is 5.91 Å². The first-order valence-electron chi connectivity index (χ1n) is 12.8. The highest BCUT2D eigenvalue weighted by atomic mass is 32.1. The van der Waals surface area contributed by atoms with Gasteiger partial charge in [-0.25, -0.2) is 25.4 Å². The molecule has 1 fully saturated rings. The number of nitrogens with one attached hydrogen (secondary N) is 2. The van der Waals surface area contributed by atoms with E-state index in [1.807, 2.05) is 30.1 Å². The number of aromatic nitrogens is 6. The lowest BCUT2D eigenvalue weighted by atomic mass is 10.1. The fraction of sp³-hybridized carbons (Fsp3) is 0.308. The van der Waals surface area contributed by atoms with Crippen molar-refractivity contribution in [1.82, 2.24) is 40.5 Å². The van der Waals surface area contributed by atoms with Crippen LogP contribution in [-0.4, -0.2) is 97.6 Å². The van der Waals surface area contributed by atoms with Crippen LogP contribution in [0.1, 0.15) is 15.2 Å². The molecule has 1 amide bonds. The molecule has 1 aliphatic rings. The minimum atomic E-state index is -0.663. The number of benzene rings is 1. The van der Waals surface area contributed by atoms with Crippen molar-refractivity contribution in [2.75, 3.05) is 56.2 Å². The second-order valence-electron chi connectivity index (χ2n) is 9.56. The van der Waals surface area contributed by atoms with Crippen LogP contribution in [-0.2, 0) is 6.54 Å². The summed E-state index contributed by atoms with van der Waals surface area (Å²) >= 11 is 1.64. The number of anilines is 2. The molecular weight excluding hydrogens is 532 g/mol. The van der Waals surface area contributed by atoms with Crippen LogP contribution in [0.3, 0.4) is 0 Å². The zero-order chi connectivity index (χ0) is 27.6. The summed E-state index contributed by atoms with van der Waals surface area (Å²) in [6.07, 6.45) is 4.55. The lowest BCUT2D eigenvalue weighted by molar-refractivity contribution is 0.0705. The van der Waals surface area contributed by atoms with Crippen molar-refractivity contribution in [2.45, 2.75) is 6.54 Å². The van der Waals surface area contributed by atoms with E-state index in [2.05, 4.69) is 36.0 Å². The highest BCUT2D eigenvalue weighted by molar-refractivity contribution is 7.19. The lowest BCUT2D eigenvalue weighted by Gasteiger charge is -2.35. The number of amides is 1. The number of hydrogen-bond donors (Lipinski definition) is 4. The Labute approximate surface area is 233 Å². The molecule has 6 rings (SSSR count). The van der Waals surface area contributed by atoms with Gasteiger partial charge >= 0.3 is 0 Å². The van der Waals surface area contributed by atoms with Gasteiger partial charge in [-0.3, -0.25) is 20.0 Å². The van der Waals surface area contributed by atoms with E-state index in [-0.39, 0.29) is 12.2 Å². The number of carbonyl (C=O) groups excluding carboxylic acids is 1. The number of nitrogens with zero attached hydrogens (tertiary/aromatic N) is 8. The molecule has 4 aromatic heterocycles. The maximum Gasteiger partial charge on any atom is 0.277 e. The summed E-state index contributed by atoms with van der Waals surface area (Å²) in [5.74, 6) is 1.33. The van der Waals surface area contributed by atoms with Crippen LogP contribution in [0, 0.1) is 0 Å². The quantitative estimate of drug-likeness (QED) is 0.162. The molecule has 1 saturated heterocycles. The monoisotopic (exact) mass is 560 g/mol. The number of hydrogen-bond acceptors (Lipinski definition) is 12. The van der Waals surface area contributed by atoms with Gasteiger partial charge in [-0.1, -0.05) is 12.1 Å². The number of fused-ring (bicyclic) bond motifs is 2. The summed E-state index contributed by atoms with van der Waals surface area (Å²) in [4.78, 5) is 37.7. The highest BCUT2D eigenvalue weighted by Gasteiger charge is 2.23. The second kappa shape index (κ2) is 11.1. The van der Waals surface area contributed by atoms with Crippen molar-refractivity contribution < 1.29 is 15.1 Å². The van der Waals surface area contributed by atoms with Gasteiger partial charge in [0.2, 0.25) is 5.95 Å². The van der Waals surface area contributed by atoms with Gasteiger partial charge in [0.15, 0.2) is 11.6 Å². The van der Waals surface area contributed by atoms with Gasteiger partial charge < -0.3 is 14.9 Å². The fourth-order valence-electron chi connectivity index (χ4n) is 4.87. The van der Waals surface area contributed by atoms with Gasteiger partial charge in [0, 0.05) is 68.0 Å². The first-order chi connectivity index (χ1) is 19.5. The number of aliphatic hydroxyl groups excluding tert-OH is 1. The van der Waals surface area contributed by atoms with Crippen LogP contribution in [0.2, 0.25) is 0 Å². The number of aromatic amines is 1. The van der Waals surface area contributed by atoms with E-state index in [9.17, 15) is 9.90 Å². The average molecular weight is 561 g/mol. The summed E-state index contributed by atoms with van der Waals surface area (Å²) in [5.41, 5.74) is 4.46. The van der Waals surface area contributed by atoms with Crippen LogP contribution >= 0.6 is 11.3 Å². The summed E-state index contributed by atoms with van der Waals surface area (Å²) in [5, 5.41) is 26.4. The second-order valence-corrected chi connectivity index (χ2v) is 10.7. The number of piperazine rings is 1. The zero-order valence-corrected chi connectivity index (χ0v) is 22.6. The van der Waals surface area contributed by atoms with Crippen molar-refractivity contribution in [3.8, 4) is 11.4 Å². The molecule has 1 aromatic carbocycles. The lowest BCUT2D eigenvalue weighted by Crippen LogP contribution is -2.47. The van der Waals surface area contributed by atoms with Gasteiger partial charge in [0.25, 0.3) is 5.91 Å². The molecule has 5 heterocycles. The Kier molecular flexibility index (Phi) is 7.21.